The smallest absolute Gasteiger partial charge is 0.260 e. The first-order chi connectivity index (χ1) is 12.6. The standard InChI is InChI=1S/C20H26N2O4/c23-18(21-8-4-5-9-21)10-16-11-20(26-12-16)14-22(15-20)19(24)13-25-17-6-2-1-3-7-17/h1-3,6-7,16H,4-5,8-15H2. The Labute approximate surface area is 154 Å². The maximum absolute atomic E-state index is 12.3. The lowest BCUT2D eigenvalue weighted by molar-refractivity contribution is -0.159. The van der Waals surface area contributed by atoms with Gasteiger partial charge in [0.15, 0.2) is 6.61 Å². The summed E-state index contributed by atoms with van der Waals surface area (Å²) in [5.74, 6) is 1.23. The fourth-order valence-electron chi connectivity index (χ4n) is 4.21. The van der Waals surface area contributed by atoms with Gasteiger partial charge in [0.1, 0.15) is 11.4 Å². The molecule has 1 aromatic carbocycles. The molecule has 0 saturated carbocycles. The molecule has 3 fully saturated rings. The van der Waals surface area contributed by atoms with E-state index >= 15 is 0 Å². The van der Waals surface area contributed by atoms with Gasteiger partial charge < -0.3 is 19.3 Å². The molecule has 26 heavy (non-hydrogen) atoms. The molecule has 3 saturated heterocycles. The second-order valence-corrected chi connectivity index (χ2v) is 7.71. The zero-order valence-electron chi connectivity index (χ0n) is 15.1. The van der Waals surface area contributed by atoms with Crippen LogP contribution in [0.1, 0.15) is 25.7 Å². The number of para-hydroxylation sites is 1. The molecule has 3 aliphatic rings. The number of hydrogen-bond acceptors (Lipinski definition) is 4. The molecule has 1 spiro atoms. The number of hydrogen-bond donors (Lipinski definition) is 0. The first kappa shape index (κ1) is 17.3. The third-order valence-electron chi connectivity index (χ3n) is 5.62. The Morgan fingerprint density at radius 2 is 1.81 bits per heavy atom. The minimum absolute atomic E-state index is 0.0142. The van der Waals surface area contributed by atoms with E-state index in [-0.39, 0.29) is 29.9 Å². The summed E-state index contributed by atoms with van der Waals surface area (Å²) in [6, 6.07) is 9.36. The van der Waals surface area contributed by atoms with Gasteiger partial charge in [-0.2, -0.15) is 0 Å². The highest BCUT2D eigenvalue weighted by atomic mass is 16.5. The molecule has 2 amide bonds. The number of benzene rings is 1. The predicted molar refractivity (Wildman–Crippen MR) is 95.7 cm³/mol. The van der Waals surface area contributed by atoms with Gasteiger partial charge in [-0.15, -0.1) is 0 Å². The van der Waals surface area contributed by atoms with Crippen LogP contribution in [0.4, 0.5) is 0 Å². The molecule has 1 atom stereocenters. The summed E-state index contributed by atoms with van der Waals surface area (Å²) in [5.41, 5.74) is -0.238. The highest BCUT2D eigenvalue weighted by molar-refractivity contribution is 5.79. The molecule has 0 N–H and O–H groups in total. The van der Waals surface area contributed by atoms with E-state index < -0.39 is 0 Å². The zero-order chi connectivity index (χ0) is 18.0. The topological polar surface area (TPSA) is 59.1 Å². The van der Waals surface area contributed by atoms with Crippen molar-refractivity contribution in [3.05, 3.63) is 30.3 Å². The normalized spacial score (nSPS) is 23.9. The number of carbonyl (C=O) groups is 2. The molecule has 0 aromatic heterocycles. The summed E-state index contributed by atoms with van der Waals surface area (Å²) in [5, 5.41) is 0. The number of carbonyl (C=O) groups excluding carboxylic acids is 2. The summed E-state index contributed by atoms with van der Waals surface area (Å²) < 4.78 is 11.5. The van der Waals surface area contributed by atoms with Crippen molar-refractivity contribution in [3.63, 3.8) is 0 Å². The van der Waals surface area contributed by atoms with Crippen LogP contribution in [0.15, 0.2) is 30.3 Å². The quantitative estimate of drug-likeness (QED) is 0.804. The highest BCUT2D eigenvalue weighted by Gasteiger charge is 2.51. The van der Waals surface area contributed by atoms with E-state index in [9.17, 15) is 9.59 Å². The molecule has 140 valence electrons. The Kier molecular flexibility index (Phi) is 4.85. The van der Waals surface area contributed by atoms with E-state index in [0.717, 1.165) is 32.4 Å². The van der Waals surface area contributed by atoms with E-state index in [1.54, 1.807) is 4.90 Å². The van der Waals surface area contributed by atoms with Crippen molar-refractivity contribution in [2.45, 2.75) is 31.3 Å². The van der Waals surface area contributed by atoms with Crippen LogP contribution in [0, 0.1) is 5.92 Å². The Morgan fingerprint density at radius 3 is 2.54 bits per heavy atom. The third kappa shape index (κ3) is 3.70. The van der Waals surface area contributed by atoms with Gasteiger partial charge in [-0.05, 0) is 37.3 Å². The Morgan fingerprint density at radius 1 is 1.08 bits per heavy atom. The van der Waals surface area contributed by atoms with Crippen molar-refractivity contribution in [1.29, 1.82) is 0 Å². The molecule has 3 heterocycles. The fourth-order valence-corrected chi connectivity index (χ4v) is 4.21. The number of rotatable bonds is 5. The molecule has 1 unspecified atom stereocenters. The van der Waals surface area contributed by atoms with Crippen molar-refractivity contribution in [3.8, 4) is 5.75 Å². The van der Waals surface area contributed by atoms with Gasteiger partial charge in [0.2, 0.25) is 5.91 Å². The van der Waals surface area contributed by atoms with Crippen LogP contribution in [-0.4, -0.2) is 66.6 Å². The molecular weight excluding hydrogens is 332 g/mol. The van der Waals surface area contributed by atoms with Crippen molar-refractivity contribution in [2.75, 3.05) is 39.4 Å². The SMILES string of the molecule is O=C(CC1COC2(C1)CN(C(=O)COc1ccccc1)C2)N1CCCC1. The first-order valence-electron chi connectivity index (χ1n) is 9.51. The lowest BCUT2D eigenvalue weighted by Gasteiger charge is -2.47. The fraction of sp³-hybridized carbons (Fsp3) is 0.600. The zero-order valence-corrected chi connectivity index (χ0v) is 15.1. The van der Waals surface area contributed by atoms with Crippen molar-refractivity contribution >= 4 is 11.8 Å². The third-order valence-corrected chi connectivity index (χ3v) is 5.62. The average molecular weight is 358 g/mol. The maximum atomic E-state index is 12.3. The summed E-state index contributed by atoms with van der Waals surface area (Å²) in [4.78, 5) is 28.3. The first-order valence-corrected chi connectivity index (χ1v) is 9.51. The lowest BCUT2D eigenvalue weighted by atomic mass is 9.85. The summed E-state index contributed by atoms with van der Waals surface area (Å²) >= 11 is 0. The van der Waals surface area contributed by atoms with E-state index in [0.29, 0.717) is 31.9 Å². The molecule has 0 radical (unpaired) electrons. The van der Waals surface area contributed by atoms with Crippen molar-refractivity contribution in [1.82, 2.24) is 9.80 Å². The van der Waals surface area contributed by atoms with Crippen molar-refractivity contribution < 1.29 is 19.1 Å². The molecule has 1 aromatic rings. The summed E-state index contributed by atoms with van der Waals surface area (Å²) in [6.07, 6.45) is 3.70. The van der Waals surface area contributed by atoms with E-state index in [1.165, 1.54) is 0 Å². The van der Waals surface area contributed by atoms with Crippen LogP contribution < -0.4 is 4.74 Å². The van der Waals surface area contributed by atoms with Gasteiger partial charge >= 0.3 is 0 Å². The highest BCUT2D eigenvalue weighted by Crippen LogP contribution is 2.39. The second kappa shape index (κ2) is 7.27. The van der Waals surface area contributed by atoms with Gasteiger partial charge in [-0.25, -0.2) is 0 Å². The molecule has 6 heteroatoms. The van der Waals surface area contributed by atoms with Crippen LogP contribution in [0.3, 0.4) is 0 Å². The minimum atomic E-state index is -0.238. The molecule has 6 nitrogen and oxygen atoms in total. The Bertz CT molecular complexity index is 651. The maximum Gasteiger partial charge on any atom is 0.260 e. The van der Waals surface area contributed by atoms with Gasteiger partial charge in [-0.1, -0.05) is 18.2 Å². The van der Waals surface area contributed by atoms with E-state index in [4.69, 9.17) is 9.47 Å². The van der Waals surface area contributed by atoms with E-state index in [1.807, 2.05) is 35.2 Å². The average Bonchev–Trinajstić information content (AvgIpc) is 3.29. The minimum Gasteiger partial charge on any atom is -0.484 e. The molecule has 0 aliphatic carbocycles. The van der Waals surface area contributed by atoms with Crippen LogP contribution >= 0.6 is 0 Å². The lowest BCUT2D eigenvalue weighted by Crippen LogP contribution is -2.64. The van der Waals surface area contributed by atoms with Gasteiger partial charge in [0.05, 0.1) is 19.7 Å². The van der Waals surface area contributed by atoms with E-state index in [2.05, 4.69) is 0 Å². The van der Waals surface area contributed by atoms with Gasteiger partial charge in [0, 0.05) is 19.5 Å². The molecule has 3 aliphatic heterocycles. The number of nitrogens with zero attached hydrogens (tertiary/aromatic N) is 2. The van der Waals surface area contributed by atoms with Crippen LogP contribution in [0.5, 0.6) is 5.75 Å². The molecular formula is C20H26N2O4. The molecule has 4 rings (SSSR count). The van der Waals surface area contributed by atoms with Crippen LogP contribution in [0.25, 0.3) is 0 Å². The van der Waals surface area contributed by atoms with Crippen LogP contribution in [0.2, 0.25) is 0 Å². The number of amides is 2. The second-order valence-electron chi connectivity index (χ2n) is 7.71. The van der Waals surface area contributed by atoms with Crippen LogP contribution in [-0.2, 0) is 14.3 Å². The largest absolute Gasteiger partial charge is 0.484 e. The molecule has 0 bridgehead atoms. The summed E-state index contributed by atoms with van der Waals surface area (Å²) in [6.45, 7) is 3.71. The monoisotopic (exact) mass is 358 g/mol. The number of ether oxygens (including phenoxy) is 2. The summed E-state index contributed by atoms with van der Waals surface area (Å²) in [7, 11) is 0. The number of likely N-dealkylation sites (tertiary alicyclic amines) is 2. The van der Waals surface area contributed by atoms with Gasteiger partial charge in [-0.3, -0.25) is 9.59 Å². The van der Waals surface area contributed by atoms with Crippen molar-refractivity contribution in [2.24, 2.45) is 5.92 Å². The Balaban J connectivity index is 1.20. The predicted octanol–water partition coefficient (Wildman–Crippen LogP) is 1.70. The van der Waals surface area contributed by atoms with Gasteiger partial charge in [0.25, 0.3) is 5.91 Å². The Hall–Kier alpha value is -2.08.